The van der Waals surface area contributed by atoms with Crippen molar-refractivity contribution in [2.24, 2.45) is 5.10 Å². The summed E-state index contributed by atoms with van der Waals surface area (Å²) in [7, 11) is 1.61. The highest BCUT2D eigenvalue weighted by Gasteiger charge is 2.05. The number of nitrogens with zero attached hydrogens (tertiary/aromatic N) is 1. The molecule has 2 aromatic carbocycles. The molecule has 0 bridgehead atoms. The zero-order valence-electron chi connectivity index (χ0n) is 13.8. The minimum atomic E-state index is -0.280. The van der Waals surface area contributed by atoms with E-state index in [1.54, 1.807) is 37.5 Å². The van der Waals surface area contributed by atoms with E-state index in [0.717, 1.165) is 11.3 Å². The van der Waals surface area contributed by atoms with Crippen molar-refractivity contribution < 1.29 is 14.3 Å². The molecule has 0 saturated heterocycles. The standard InChI is InChI=1S/C19H20N2O3/c1-4-13-24-18-11-7-16(8-12-18)19(22)21-20-14(2)15-5-9-17(23-3)10-6-15/h4-12H,1,13H2,2-3H3,(H,21,22). The van der Waals surface area contributed by atoms with Gasteiger partial charge in [-0.25, -0.2) is 5.43 Å². The van der Waals surface area contributed by atoms with Crippen LogP contribution < -0.4 is 14.9 Å². The van der Waals surface area contributed by atoms with Gasteiger partial charge < -0.3 is 9.47 Å². The first-order valence-electron chi connectivity index (χ1n) is 7.47. The Morgan fingerprint density at radius 2 is 1.67 bits per heavy atom. The molecule has 5 heteroatoms. The molecule has 24 heavy (non-hydrogen) atoms. The summed E-state index contributed by atoms with van der Waals surface area (Å²) in [5, 5.41) is 4.13. The number of hydrogen-bond donors (Lipinski definition) is 1. The molecule has 0 spiro atoms. The summed E-state index contributed by atoms with van der Waals surface area (Å²) in [5.41, 5.74) is 4.67. The van der Waals surface area contributed by atoms with E-state index in [4.69, 9.17) is 9.47 Å². The third-order valence-electron chi connectivity index (χ3n) is 3.32. The smallest absolute Gasteiger partial charge is 0.271 e. The Hall–Kier alpha value is -3.08. The summed E-state index contributed by atoms with van der Waals surface area (Å²) in [4.78, 5) is 12.1. The predicted molar refractivity (Wildman–Crippen MR) is 94.8 cm³/mol. The molecular weight excluding hydrogens is 304 g/mol. The van der Waals surface area contributed by atoms with Crippen molar-refractivity contribution in [3.8, 4) is 11.5 Å². The van der Waals surface area contributed by atoms with Gasteiger partial charge in [-0.15, -0.1) is 0 Å². The van der Waals surface area contributed by atoms with Crippen LogP contribution in [0.1, 0.15) is 22.8 Å². The number of hydrogen-bond acceptors (Lipinski definition) is 4. The lowest BCUT2D eigenvalue weighted by Crippen LogP contribution is -2.19. The topological polar surface area (TPSA) is 59.9 Å². The van der Waals surface area contributed by atoms with Crippen LogP contribution in [0, 0.1) is 0 Å². The molecular formula is C19H20N2O3. The molecule has 0 heterocycles. The van der Waals surface area contributed by atoms with Gasteiger partial charge in [-0.1, -0.05) is 12.7 Å². The number of carbonyl (C=O) groups excluding carboxylic acids is 1. The Labute approximate surface area is 141 Å². The molecule has 0 unspecified atom stereocenters. The molecule has 0 atom stereocenters. The monoisotopic (exact) mass is 324 g/mol. The minimum absolute atomic E-state index is 0.280. The van der Waals surface area contributed by atoms with E-state index < -0.39 is 0 Å². The molecule has 0 aliphatic carbocycles. The Balaban J connectivity index is 1.98. The fourth-order valence-corrected chi connectivity index (χ4v) is 1.95. The second-order valence-corrected chi connectivity index (χ2v) is 4.99. The van der Waals surface area contributed by atoms with Crippen molar-refractivity contribution in [2.45, 2.75) is 6.92 Å². The second kappa shape index (κ2) is 8.53. The van der Waals surface area contributed by atoms with Crippen LogP contribution in [-0.4, -0.2) is 25.3 Å². The summed E-state index contributed by atoms with van der Waals surface area (Å²) in [6.07, 6.45) is 1.66. The number of hydrazone groups is 1. The van der Waals surface area contributed by atoms with Gasteiger partial charge in [0.05, 0.1) is 12.8 Å². The van der Waals surface area contributed by atoms with Crippen LogP contribution in [0.3, 0.4) is 0 Å². The van der Waals surface area contributed by atoms with E-state index in [1.807, 2.05) is 31.2 Å². The first-order chi connectivity index (χ1) is 11.6. The highest BCUT2D eigenvalue weighted by atomic mass is 16.5. The van der Waals surface area contributed by atoms with E-state index in [1.165, 1.54) is 0 Å². The van der Waals surface area contributed by atoms with Crippen LogP contribution in [-0.2, 0) is 0 Å². The zero-order valence-corrected chi connectivity index (χ0v) is 13.8. The summed E-state index contributed by atoms with van der Waals surface area (Å²) in [6, 6.07) is 14.3. The Bertz CT molecular complexity index is 719. The van der Waals surface area contributed by atoms with Crippen molar-refractivity contribution in [1.82, 2.24) is 5.43 Å². The molecule has 5 nitrogen and oxygen atoms in total. The predicted octanol–water partition coefficient (Wildman–Crippen LogP) is 3.41. The first kappa shape index (κ1) is 17.3. The van der Waals surface area contributed by atoms with E-state index in [0.29, 0.717) is 23.6 Å². The number of ether oxygens (including phenoxy) is 2. The fraction of sp³-hybridized carbons (Fsp3) is 0.158. The maximum absolute atomic E-state index is 12.1. The normalized spacial score (nSPS) is 10.8. The molecule has 2 aromatic rings. The fourth-order valence-electron chi connectivity index (χ4n) is 1.95. The third kappa shape index (κ3) is 4.71. The van der Waals surface area contributed by atoms with Crippen LogP contribution in [0.15, 0.2) is 66.3 Å². The molecule has 0 fully saturated rings. The van der Waals surface area contributed by atoms with Crippen molar-refractivity contribution in [1.29, 1.82) is 0 Å². The van der Waals surface area contributed by atoms with Gasteiger partial charge >= 0.3 is 0 Å². The molecule has 1 N–H and O–H groups in total. The van der Waals surface area contributed by atoms with Crippen molar-refractivity contribution in [3.63, 3.8) is 0 Å². The van der Waals surface area contributed by atoms with Gasteiger partial charge in [-0.3, -0.25) is 4.79 Å². The number of amides is 1. The molecule has 0 aliphatic heterocycles. The molecule has 0 saturated carbocycles. The van der Waals surface area contributed by atoms with Crippen LogP contribution in [0.25, 0.3) is 0 Å². The van der Waals surface area contributed by atoms with Crippen LogP contribution in [0.5, 0.6) is 11.5 Å². The quantitative estimate of drug-likeness (QED) is 0.482. The van der Waals surface area contributed by atoms with Gasteiger partial charge in [0, 0.05) is 5.56 Å². The van der Waals surface area contributed by atoms with Gasteiger partial charge in [0.15, 0.2) is 0 Å². The highest BCUT2D eigenvalue weighted by molar-refractivity contribution is 6.00. The Morgan fingerprint density at radius 1 is 1.08 bits per heavy atom. The highest BCUT2D eigenvalue weighted by Crippen LogP contribution is 2.13. The molecule has 0 aliphatic rings. The summed E-state index contributed by atoms with van der Waals surface area (Å²) in [5.74, 6) is 1.18. The van der Waals surface area contributed by atoms with Gasteiger partial charge in [-0.2, -0.15) is 5.10 Å². The maximum atomic E-state index is 12.1. The van der Waals surface area contributed by atoms with Gasteiger partial charge in [0.1, 0.15) is 18.1 Å². The second-order valence-electron chi connectivity index (χ2n) is 4.99. The molecule has 1 amide bonds. The Morgan fingerprint density at radius 3 is 2.25 bits per heavy atom. The molecule has 0 radical (unpaired) electrons. The Kier molecular flexibility index (Phi) is 6.14. The van der Waals surface area contributed by atoms with Gasteiger partial charge in [0.25, 0.3) is 5.91 Å². The average molecular weight is 324 g/mol. The summed E-state index contributed by atoms with van der Waals surface area (Å²) < 4.78 is 10.5. The zero-order chi connectivity index (χ0) is 17.4. The molecule has 2 rings (SSSR count). The lowest BCUT2D eigenvalue weighted by molar-refractivity contribution is 0.0955. The largest absolute Gasteiger partial charge is 0.497 e. The third-order valence-corrected chi connectivity index (χ3v) is 3.32. The first-order valence-corrected chi connectivity index (χ1v) is 7.47. The summed E-state index contributed by atoms with van der Waals surface area (Å²) >= 11 is 0. The van der Waals surface area contributed by atoms with Gasteiger partial charge in [-0.05, 0) is 61.0 Å². The number of benzene rings is 2. The van der Waals surface area contributed by atoms with Crippen LogP contribution in [0.4, 0.5) is 0 Å². The summed E-state index contributed by atoms with van der Waals surface area (Å²) in [6.45, 7) is 5.84. The van der Waals surface area contributed by atoms with Crippen molar-refractivity contribution in [3.05, 3.63) is 72.3 Å². The molecule has 0 aromatic heterocycles. The SMILES string of the molecule is C=CCOc1ccc(C(=O)NN=C(C)c2ccc(OC)cc2)cc1. The van der Waals surface area contributed by atoms with Crippen molar-refractivity contribution in [2.75, 3.05) is 13.7 Å². The van der Waals surface area contributed by atoms with Crippen LogP contribution >= 0.6 is 0 Å². The molecule has 124 valence electrons. The van der Waals surface area contributed by atoms with Crippen LogP contribution in [0.2, 0.25) is 0 Å². The number of carbonyl (C=O) groups is 1. The van der Waals surface area contributed by atoms with E-state index in [9.17, 15) is 4.79 Å². The minimum Gasteiger partial charge on any atom is -0.497 e. The van der Waals surface area contributed by atoms with E-state index in [2.05, 4.69) is 17.1 Å². The van der Waals surface area contributed by atoms with E-state index in [-0.39, 0.29) is 5.91 Å². The number of rotatable bonds is 7. The number of methoxy groups -OCH3 is 1. The number of nitrogens with one attached hydrogen (secondary N) is 1. The maximum Gasteiger partial charge on any atom is 0.271 e. The van der Waals surface area contributed by atoms with Crippen molar-refractivity contribution >= 4 is 11.6 Å². The lowest BCUT2D eigenvalue weighted by Gasteiger charge is -2.06. The average Bonchev–Trinajstić information content (AvgIpc) is 2.64. The van der Waals surface area contributed by atoms with E-state index >= 15 is 0 Å². The van der Waals surface area contributed by atoms with Gasteiger partial charge in [0.2, 0.25) is 0 Å². The lowest BCUT2D eigenvalue weighted by atomic mass is 10.1.